The number of anilines is 1. The quantitative estimate of drug-likeness (QED) is 0.625. The molecule has 2 saturated heterocycles. The number of benzene rings is 1. The predicted octanol–water partition coefficient (Wildman–Crippen LogP) is 3.90. The highest BCUT2D eigenvalue weighted by molar-refractivity contribution is 5.80. The molecule has 0 radical (unpaired) electrons. The van der Waals surface area contributed by atoms with Crippen LogP contribution in [0, 0.1) is 22.6 Å². The maximum absolute atomic E-state index is 14.3. The van der Waals surface area contributed by atoms with Crippen LogP contribution in [0.5, 0.6) is 5.75 Å². The van der Waals surface area contributed by atoms with Gasteiger partial charge in [0, 0.05) is 62.4 Å². The van der Waals surface area contributed by atoms with Crippen LogP contribution in [0.1, 0.15) is 31.7 Å². The van der Waals surface area contributed by atoms with Crippen molar-refractivity contribution in [3.05, 3.63) is 41.8 Å². The third kappa shape index (κ3) is 4.58. The molecule has 1 aromatic carbocycles. The van der Waals surface area contributed by atoms with Crippen LogP contribution in [0.2, 0.25) is 0 Å². The summed E-state index contributed by atoms with van der Waals surface area (Å²) in [7, 11) is 1.56. The van der Waals surface area contributed by atoms with E-state index in [1.165, 1.54) is 6.20 Å². The van der Waals surface area contributed by atoms with Crippen molar-refractivity contribution in [1.29, 1.82) is 5.26 Å². The number of rotatable bonds is 5. The minimum absolute atomic E-state index is 0.196. The van der Waals surface area contributed by atoms with Gasteiger partial charge in [0.15, 0.2) is 0 Å². The van der Waals surface area contributed by atoms with Crippen molar-refractivity contribution in [2.45, 2.75) is 32.2 Å². The molecule has 36 heavy (non-hydrogen) atoms. The maximum atomic E-state index is 14.3. The summed E-state index contributed by atoms with van der Waals surface area (Å²) in [5, 5.41) is 9.23. The van der Waals surface area contributed by atoms with Gasteiger partial charge >= 0.3 is 6.09 Å². The minimum Gasteiger partial charge on any atom is -0.496 e. The molecule has 2 aromatic rings. The SMILES string of the molecule is CCOC(=O)N1CC2(CC[C@@H](N3CCN(c4cc(F)cnc4-c4ccc(C#N)cc4OC)CC3)C2)C1. The van der Waals surface area contributed by atoms with E-state index in [0.29, 0.717) is 29.7 Å². The number of hydrogen-bond donors (Lipinski definition) is 0. The Kier molecular flexibility index (Phi) is 6.71. The zero-order chi connectivity index (χ0) is 25.3. The van der Waals surface area contributed by atoms with Gasteiger partial charge in [-0.05, 0) is 44.4 Å². The fourth-order valence-electron chi connectivity index (χ4n) is 6.04. The first-order valence-corrected chi connectivity index (χ1v) is 12.6. The first-order chi connectivity index (χ1) is 17.4. The summed E-state index contributed by atoms with van der Waals surface area (Å²) >= 11 is 0. The molecule has 2 aliphatic heterocycles. The van der Waals surface area contributed by atoms with E-state index in [9.17, 15) is 14.4 Å². The van der Waals surface area contributed by atoms with E-state index in [1.807, 2.05) is 17.9 Å². The van der Waals surface area contributed by atoms with Gasteiger partial charge in [0.2, 0.25) is 0 Å². The number of pyridine rings is 1. The van der Waals surface area contributed by atoms with Crippen molar-refractivity contribution < 1.29 is 18.7 Å². The highest BCUT2D eigenvalue weighted by Crippen LogP contribution is 2.47. The number of ether oxygens (including phenoxy) is 2. The van der Waals surface area contributed by atoms with Gasteiger partial charge < -0.3 is 19.3 Å². The number of carbonyl (C=O) groups is 1. The lowest BCUT2D eigenvalue weighted by Gasteiger charge is -2.48. The van der Waals surface area contributed by atoms with Gasteiger partial charge in [-0.15, -0.1) is 0 Å². The van der Waals surface area contributed by atoms with Gasteiger partial charge in [-0.2, -0.15) is 5.26 Å². The molecule has 8 nitrogen and oxygen atoms in total. The summed E-state index contributed by atoms with van der Waals surface area (Å²) < 4.78 is 25.0. The molecule has 1 aromatic heterocycles. The fourth-order valence-corrected chi connectivity index (χ4v) is 6.04. The van der Waals surface area contributed by atoms with Gasteiger partial charge in [-0.25, -0.2) is 9.18 Å². The zero-order valence-corrected chi connectivity index (χ0v) is 20.9. The molecule has 9 heteroatoms. The Morgan fingerprint density at radius 3 is 2.72 bits per heavy atom. The van der Waals surface area contributed by atoms with E-state index >= 15 is 0 Å². The lowest BCUT2D eigenvalue weighted by Crippen LogP contribution is -2.58. The van der Waals surface area contributed by atoms with Crippen LogP contribution in [0.25, 0.3) is 11.3 Å². The van der Waals surface area contributed by atoms with E-state index in [0.717, 1.165) is 69.8 Å². The topological polar surface area (TPSA) is 81.9 Å². The summed E-state index contributed by atoms with van der Waals surface area (Å²) in [6.07, 6.45) is 4.43. The average Bonchev–Trinajstić information content (AvgIpc) is 3.34. The van der Waals surface area contributed by atoms with Crippen molar-refractivity contribution in [3.8, 4) is 23.1 Å². The van der Waals surface area contributed by atoms with E-state index in [4.69, 9.17) is 9.47 Å². The number of piperazine rings is 1. The first kappa shape index (κ1) is 24.3. The van der Waals surface area contributed by atoms with Gasteiger partial charge in [0.25, 0.3) is 0 Å². The molecule has 0 unspecified atom stereocenters. The van der Waals surface area contributed by atoms with E-state index in [1.54, 1.807) is 25.3 Å². The highest BCUT2D eigenvalue weighted by Gasteiger charge is 2.51. The number of nitrogens with zero attached hydrogens (tertiary/aromatic N) is 5. The molecular formula is C27H32FN5O3. The van der Waals surface area contributed by atoms with Crippen LogP contribution in [0.15, 0.2) is 30.5 Å². The second-order valence-electron chi connectivity index (χ2n) is 10.0. The van der Waals surface area contributed by atoms with E-state index < -0.39 is 0 Å². The molecule has 0 bridgehead atoms. The molecule has 190 valence electrons. The van der Waals surface area contributed by atoms with Gasteiger partial charge in [-0.3, -0.25) is 9.88 Å². The van der Waals surface area contributed by atoms with Gasteiger partial charge in [-0.1, -0.05) is 0 Å². The Balaban J connectivity index is 1.25. The third-order valence-corrected chi connectivity index (χ3v) is 7.85. The summed E-state index contributed by atoms with van der Waals surface area (Å²) in [6.45, 7) is 7.17. The van der Waals surface area contributed by atoms with Crippen LogP contribution in [-0.2, 0) is 4.74 Å². The molecule has 3 aliphatic rings. The normalized spacial score (nSPS) is 21.2. The van der Waals surface area contributed by atoms with Crippen LogP contribution in [0.4, 0.5) is 14.9 Å². The average molecular weight is 494 g/mol. The Hall–Kier alpha value is -3.38. The summed E-state index contributed by atoms with van der Waals surface area (Å²) in [5.74, 6) is 0.166. The number of nitriles is 1. The number of hydrogen-bond acceptors (Lipinski definition) is 7. The molecule has 1 aliphatic carbocycles. The van der Waals surface area contributed by atoms with Crippen molar-refractivity contribution in [2.75, 3.05) is 57.9 Å². The lowest BCUT2D eigenvalue weighted by atomic mass is 9.78. The summed E-state index contributed by atoms with van der Waals surface area (Å²) in [4.78, 5) is 23.0. The minimum atomic E-state index is -0.377. The molecule has 3 heterocycles. The molecular weight excluding hydrogens is 461 g/mol. The monoisotopic (exact) mass is 493 g/mol. The Labute approximate surface area is 211 Å². The molecule has 1 spiro atoms. The van der Waals surface area contributed by atoms with Crippen molar-refractivity contribution in [3.63, 3.8) is 0 Å². The number of halogens is 1. The number of methoxy groups -OCH3 is 1. The van der Waals surface area contributed by atoms with Gasteiger partial charge in [0.1, 0.15) is 11.6 Å². The Morgan fingerprint density at radius 2 is 2.03 bits per heavy atom. The number of aromatic nitrogens is 1. The summed E-state index contributed by atoms with van der Waals surface area (Å²) in [6, 6.07) is 9.40. The van der Waals surface area contributed by atoms with Gasteiger partial charge in [0.05, 0.1) is 42.9 Å². The molecule has 1 saturated carbocycles. The third-order valence-electron chi connectivity index (χ3n) is 7.85. The Morgan fingerprint density at radius 1 is 1.25 bits per heavy atom. The van der Waals surface area contributed by atoms with Crippen molar-refractivity contribution >= 4 is 11.8 Å². The van der Waals surface area contributed by atoms with E-state index in [2.05, 4.69) is 20.9 Å². The van der Waals surface area contributed by atoms with Crippen molar-refractivity contribution in [1.82, 2.24) is 14.8 Å². The highest BCUT2D eigenvalue weighted by atomic mass is 19.1. The van der Waals surface area contributed by atoms with E-state index in [-0.39, 0.29) is 17.3 Å². The predicted molar refractivity (Wildman–Crippen MR) is 133 cm³/mol. The zero-order valence-electron chi connectivity index (χ0n) is 20.9. The summed E-state index contributed by atoms with van der Waals surface area (Å²) in [5.41, 5.74) is 2.87. The largest absolute Gasteiger partial charge is 0.496 e. The maximum Gasteiger partial charge on any atom is 0.409 e. The lowest BCUT2D eigenvalue weighted by molar-refractivity contribution is -0.00294. The second kappa shape index (κ2) is 9.94. The standard InChI is InChI=1S/C27H32FN5O3/c1-3-36-26(34)33-17-27(18-33)7-6-21(14-27)31-8-10-32(11-9-31)23-13-20(28)16-30-25(23)22-5-4-19(15-29)12-24(22)35-2/h4-5,12-13,16,21H,3,6-11,14,17-18H2,1-2H3/t21-/m1/s1. The number of likely N-dealkylation sites (tertiary alicyclic amines) is 1. The van der Waals surface area contributed by atoms with Crippen LogP contribution in [-0.4, -0.2) is 79.9 Å². The molecule has 0 N–H and O–H groups in total. The van der Waals surface area contributed by atoms with Crippen LogP contribution < -0.4 is 9.64 Å². The number of amides is 1. The smallest absolute Gasteiger partial charge is 0.409 e. The molecule has 1 atom stereocenters. The van der Waals surface area contributed by atoms with Crippen molar-refractivity contribution in [2.24, 2.45) is 5.41 Å². The second-order valence-corrected chi connectivity index (χ2v) is 10.0. The van der Waals surface area contributed by atoms with Crippen LogP contribution in [0.3, 0.4) is 0 Å². The molecule has 1 amide bonds. The molecule has 3 fully saturated rings. The first-order valence-electron chi connectivity index (χ1n) is 12.6. The Bertz CT molecular complexity index is 1170. The van der Waals surface area contributed by atoms with Crippen LogP contribution >= 0.6 is 0 Å². The molecule has 5 rings (SSSR count). The number of carbonyl (C=O) groups excluding carboxylic acids is 1. The fraction of sp³-hybridized carbons (Fsp3) is 0.519.